The number of nitrogens with zero attached hydrogens (tertiary/aromatic N) is 1. The van der Waals surface area contributed by atoms with E-state index in [1.165, 1.54) is 55.4 Å². The molecule has 2 nitrogen and oxygen atoms in total. The zero-order valence-corrected chi connectivity index (χ0v) is 21.9. The van der Waals surface area contributed by atoms with Crippen LogP contribution >= 0.6 is 0 Å². The van der Waals surface area contributed by atoms with Gasteiger partial charge in [0.05, 0.1) is 5.56 Å². The Kier molecular flexibility index (Phi) is 4.68. The van der Waals surface area contributed by atoms with E-state index in [0.717, 1.165) is 27.9 Å². The van der Waals surface area contributed by atoms with Gasteiger partial charge in [0.2, 0.25) is 5.69 Å². The van der Waals surface area contributed by atoms with Crippen molar-refractivity contribution < 1.29 is 8.98 Å². The molecule has 2 aromatic heterocycles. The van der Waals surface area contributed by atoms with Gasteiger partial charge >= 0.3 is 0 Å². The maximum absolute atomic E-state index is 6.86. The zero-order valence-electron chi connectivity index (χ0n) is 21.9. The summed E-state index contributed by atoms with van der Waals surface area (Å²) in [6.07, 6.45) is 2.12. The van der Waals surface area contributed by atoms with E-state index in [-0.39, 0.29) is 0 Å². The number of aryl methyl sites for hydroxylation is 2. The third-order valence-electron chi connectivity index (χ3n) is 8.30. The Morgan fingerprint density at radius 1 is 0.538 bits per heavy atom. The van der Waals surface area contributed by atoms with Crippen LogP contribution in [0.1, 0.15) is 5.56 Å². The summed E-state index contributed by atoms with van der Waals surface area (Å²) in [4.78, 5) is 0. The van der Waals surface area contributed by atoms with Gasteiger partial charge in [-0.05, 0) is 57.1 Å². The number of rotatable bonds is 1. The van der Waals surface area contributed by atoms with Gasteiger partial charge in [-0.15, -0.1) is 0 Å². The van der Waals surface area contributed by atoms with E-state index in [1.54, 1.807) is 0 Å². The molecule has 8 rings (SSSR count). The van der Waals surface area contributed by atoms with E-state index in [0.29, 0.717) is 0 Å². The molecule has 184 valence electrons. The van der Waals surface area contributed by atoms with E-state index < -0.39 is 0 Å². The molecule has 0 N–H and O–H groups in total. The van der Waals surface area contributed by atoms with Crippen LogP contribution in [-0.2, 0) is 7.05 Å². The fourth-order valence-electron chi connectivity index (χ4n) is 6.49. The minimum Gasteiger partial charge on any atom is -0.455 e. The van der Waals surface area contributed by atoms with Crippen molar-refractivity contribution >= 4 is 21.7 Å². The molecular formula is C37H26NO+. The molecule has 0 aliphatic heterocycles. The maximum Gasteiger partial charge on any atom is 0.224 e. The van der Waals surface area contributed by atoms with E-state index in [4.69, 9.17) is 4.42 Å². The standard InChI is InChI=1S/C37H26NO/c1-23-25-12-4-3-11-24(25)19-20-26(23)36-35-33(21-22-38(36)2)39-37-32-18-10-8-16-30(32)28-14-6-5-13-27(28)29-15-7-9-17-31(29)34(35)37/h3-22H,1-2H3/q+1. The molecule has 0 bridgehead atoms. The summed E-state index contributed by atoms with van der Waals surface area (Å²) < 4.78 is 9.10. The largest absolute Gasteiger partial charge is 0.455 e. The summed E-state index contributed by atoms with van der Waals surface area (Å²) >= 11 is 0. The van der Waals surface area contributed by atoms with Crippen molar-refractivity contribution in [3.63, 3.8) is 0 Å². The molecule has 0 saturated heterocycles. The number of hydrogen-bond acceptors (Lipinski definition) is 1. The molecule has 0 amide bonds. The van der Waals surface area contributed by atoms with E-state index in [2.05, 4.69) is 140 Å². The first-order valence-corrected chi connectivity index (χ1v) is 13.4. The number of fused-ring (bicyclic) bond motifs is 11. The second-order valence-electron chi connectivity index (χ2n) is 10.4. The fourth-order valence-corrected chi connectivity index (χ4v) is 6.49. The number of hydrogen-bond donors (Lipinski definition) is 0. The van der Waals surface area contributed by atoms with Gasteiger partial charge < -0.3 is 4.42 Å². The van der Waals surface area contributed by atoms with Crippen molar-refractivity contribution in [1.82, 2.24) is 0 Å². The van der Waals surface area contributed by atoms with E-state index in [1.807, 2.05) is 0 Å². The molecule has 1 aliphatic rings. The third kappa shape index (κ3) is 3.12. The average Bonchev–Trinajstić information content (AvgIpc) is 3.36. The van der Waals surface area contributed by atoms with Gasteiger partial charge in [-0.1, -0.05) is 103 Å². The minimum absolute atomic E-state index is 0.899. The molecular weight excluding hydrogens is 474 g/mol. The Balaban J connectivity index is 1.57. The second-order valence-corrected chi connectivity index (χ2v) is 10.4. The molecule has 0 saturated carbocycles. The Morgan fingerprint density at radius 2 is 1.10 bits per heavy atom. The molecule has 2 heterocycles. The van der Waals surface area contributed by atoms with Crippen LogP contribution < -0.4 is 4.57 Å². The smallest absolute Gasteiger partial charge is 0.224 e. The van der Waals surface area contributed by atoms with Crippen LogP contribution in [-0.4, -0.2) is 0 Å². The minimum atomic E-state index is 0.899. The number of pyridine rings is 1. The van der Waals surface area contributed by atoms with Crippen molar-refractivity contribution in [2.24, 2.45) is 7.05 Å². The lowest BCUT2D eigenvalue weighted by Gasteiger charge is -2.20. The summed E-state index contributed by atoms with van der Waals surface area (Å²) in [5, 5.41) is 3.68. The molecule has 0 radical (unpaired) electrons. The summed E-state index contributed by atoms with van der Waals surface area (Å²) in [6.45, 7) is 2.24. The maximum atomic E-state index is 6.86. The monoisotopic (exact) mass is 500 g/mol. The predicted molar refractivity (Wildman–Crippen MR) is 160 cm³/mol. The van der Waals surface area contributed by atoms with Crippen molar-refractivity contribution in [2.45, 2.75) is 6.92 Å². The SMILES string of the molecule is Cc1c(-c2c3c4c(oc3cc[n+]2C)-c2ccccc2-c2ccccc2-c2ccccc2-4)ccc2ccccc12. The van der Waals surface area contributed by atoms with E-state index >= 15 is 0 Å². The van der Waals surface area contributed by atoms with Crippen molar-refractivity contribution in [3.8, 4) is 56.0 Å². The van der Waals surface area contributed by atoms with Crippen molar-refractivity contribution in [2.75, 3.05) is 0 Å². The number of furan rings is 1. The highest BCUT2D eigenvalue weighted by atomic mass is 16.3. The van der Waals surface area contributed by atoms with Gasteiger partial charge in [0.1, 0.15) is 23.8 Å². The first-order valence-electron chi connectivity index (χ1n) is 13.4. The second kappa shape index (κ2) is 8.28. The molecule has 39 heavy (non-hydrogen) atoms. The van der Waals surface area contributed by atoms with Crippen LogP contribution in [0.3, 0.4) is 0 Å². The lowest BCUT2D eigenvalue weighted by atomic mass is 9.82. The Morgan fingerprint density at radius 3 is 1.82 bits per heavy atom. The highest BCUT2D eigenvalue weighted by Crippen LogP contribution is 2.52. The lowest BCUT2D eigenvalue weighted by molar-refractivity contribution is -0.659. The topological polar surface area (TPSA) is 17.0 Å². The summed E-state index contributed by atoms with van der Waals surface area (Å²) in [5.41, 5.74) is 12.9. The Bertz CT molecular complexity index is 2100. The van der Waals surface area contributed by atoms with Crippen molar-refractivity contribution in [1.29, 1.82) is 0 Å². The van der Waals surface area contributed by atoms with Crippen LogP contribution in [0.2, 0.25) is 0 Å². The first kappa shape index (κ1) is 22.1. The summed E-state index contributed by atoms with van der Waals surface area (Å²) in [6, 6.07) is 41.4. The van der Waals surface area contributed by atoms with Gasteiger partial charge in [-0.2, -0.15) is 0 Å². The predicted octanol–water partition coefficient (Wildman–Crippen LogP) is 9.37. The highest BCUT2D eigenvalue weighted by molar-refractivity contribution is 6.13. The molecule has 0 unspecified atom stereocenters. The van der Waals surface area contributed by atoms with Crippen LogP contribution in [0, 0.1) is 6.92 Å². The van der Waals surface area contributed by atoms with Crippen LogP contribution in [0.5, 0.6) is 0 Å². The molecule has 0 spiro atoms. The van der Waals surface area contributed by atoms with Crippen LogP contribution in [0.25, 0.3) is 77.7 Å². The molecule has 7 aromatic rings. The van der Waals surface area contributed by atoms with Crippen LogP contribution in [0.4, 0.5) is 0 Å². The third-order valence-corrected chi connectivity index (χ3v) is 8.30. The molecule has 0 atom stereocenters. The summed E-state index contributed by atoms with van der Waals surface area (Å²) in [5.74, 6) is 0.924. The van der Waals surface area contributed by atoms with Crippen molar-refractivity contribution in [3.05, 3.63) is 127 Å². The van der Waals surface area contributed by atoms with Gasteiger partial charge in [0.15, 0.2) is 6.20 Å². The normalized spacial score (nSPS) is 11.8. The molecule has 0 fully saturated rings. The molecule has 1 aliphatic carbocycles. The summed E-state index contributed by atoms with van der Waals surface area (Å²) in [7, 11) is 2.14. The Labute approximate surface area is 227 Å². The quantitative estimate of drug-likeness (QED) is 0.205. The van der Waals surface area contributed by atoms with Gasteiger partial charge in [-0.3, -0.25) is 0 Å². The fraction of sp³-hybridized carbons (Fsp3) is 0.0541. The lowest BCUT2D eigenvalue weighted by Crippen LogP contribution is -2.30. The average molecular weight is 501 g/mol. The van der Waals surface area contributed by atoms with Gasteiger partial charge in [-0.25, -0.2) is 4.57 Å². The molecule has 5 aromatic carbocycles. The first-order chi connectivity index (χ1) is 19.2. The van der Waals surface area contributed by atoms with Gasteiger partial charge in [0.25, 0.3) is 0 Å². The molecule has 2 heteroatoms. The van der Waals surface area contributed by atoms with Gasteiger partial charge in [0, 0.05) is 17.2 Å². The number of aromatic nitrogens is 1. The highest BCUT2D eigenvalue weighted by Gasteiger charge is 2.31. The zero-order chi connectivity index (χ0) is 26.1. The van der Waals surface area contributed by atoms with Crippen LogP contribution in [0.15, 0.2) is 126 Å². The Hall–Kier alpha value is -4.95. The number of benzene rings is 5. The van der Waals surface area contributed by atoms with E-state index in [9.17, 15) is 0 Å².